The van der Waals surface area contributed by atoms with Gasteiger partial charge in [-0.15, -0.1) is 0 Å². The largest absolute Gasteiger partial charge is 0.356 e. The second-order valence-corrected chi connectivity index (χ2v) is 7.27. The third kappa shape index (κ3) is 9.13. The predicted molar refractivity (Wildman–Crippen MR) is 90.1 cm³/mol. The molecule has 0 aromatic heterocycles. The van der Waals surface area contributed by atoms with E-state index in [1.807, 2.05) is 0 Å². The number of nitrogens with one attached hydrogen (secondary N) is 1. The van der Waals surface area contributed by atoms with Crippen molar-refractivity contribution in [3.8, 4) is 0 Å². The van der Waals surface area contributed by atoms with Gasteiger partial charge < -0.3 is 11.1 Å². The van der Waals surface area contributed by atoms with E-state index in [9.17, 15) is 4.79 Å². The van der Waals surface area contributed by atoms with E-state index in [1.165, 1.54) is 51.4 Å². The maximum absolute atomic E-state index is 11.9. The van der Waals surface area contributed by atoms with Crippen molar-refractivity contribution in [2.45, 2.75) is 78.1 Å². The average Bonchev–Trinajstić information content (AvgIpc) is 2.46. The van der Waals surface area contributed by atoms with E-state index in [1.54, 1.807) is 0 Å². The van der Waals surface area contributed by atoms with Gasteiger partial charge in [-0.2, -0.15) is 0 Å². The first-order valence-electron chi connectivity index (χ1n) is 9.08. The van der Waals surface area contributed by atoms with Gasteiger partial charge in [0.1, 0.15) is 0 Å². The molecule has 1 saturated carbocycles. The highest BCUT2D eigenvalue weighted by atomic mass is 16.1. The van der Waals surface area contributed by atoms with Gasteiger partial charge in [0.15, 0.2) is 0 Å². The molecular formula is C18H36N2O. The molecule has 0 aromatic rings. The average molecular weight is 296 g/mol. The van der Waals surface area contributed by atoms with E-state index >= 15 is 0 Å². The lowest BCUT2D eigenvalue weighted by atomic mass is 9.80. The molecule has 0 radical (unpaired) electrons. The van der Waals surface area contributed by atoms with Crippen LogP contribution in [-0.4, -0.2) is 19.0 Å². The van der Waals surface area contributed by atoms with Gasteiger partial charge in [0.05, 0.1) is 0 Å². The fourth-order valence-corrected chi connectivity index (χ4v) is 3.26. The molecule has 0 atom stereocenters. The Balaban J connectivity index is 1.94. The zero-order valence-corrected chi connectivity index (χ0v) is 14.2. The lowest BCUT2D eigenvalue weighted by molar-refractivity contribution is -0.122. The Bertz CT molecular complexity index is 270. The van der Waals surface area contributed by atoms with Crippen LogP contribution in [-0.2, 0) is 4.79 Å². The molecular weight excluding hydrogens is 260 g/mol. The summed E-state index contributed by atoms with van der Waals surface area (Å²) in [5.74, 6) is 2.38. The molecule has 1 aliphatic carbocycles. The van der Waals surface area contributed by atoms with Crippen LogP contribution in [0.2, 0.25) is 0 Å². The molecule has 21 heavy (non-hydrogen) atoms. The van der Waals surface area contributed by atoms with Gasteiger partial charge in [-0.25, -0.2) is 0 Å². The van der Waals surface area contributed by atoms with Crippen molar-refractivity contribution in [1.29, 1.82) is 0 Å². The number of rotatable bonds is 10. The normalized spacial score (nSPS) is 22.5. The zero-order valence-electron chi connectivity index (χ0n) is 14.2. The van der Waals surface area contributed by atoms with Crippen LogP contribution in [0.3, 0.4) is 0 Å². The number of hydrogen-bond donors (Lipinski definition) is 2. The SMILES string of the molecule is CC(C)CCCCCCNC(=O)CC1CCC(CN)CC1. The Labute approximate surface area is 131 Å². The molecule has 0 bridgehead atoms. The molecule has 0 unspecified atom stereocenters. The van der Waals surface area contributed by atoms with E-state index in [2.05, 4.69) is 19.2 Å². The highest BCUT2D eigenvalue weighted by molar-refractivity contribution is 5.76. The summed E-state index contributed by atoms with van der Waals surface area (Å²) in [7, 11) is 0. The minimum absolute atomic E-state index is 0.258. The summed E-state index contributed by atoms with van der Waals surface area (Å²) in [5.41, 5.74) is 5.70. The van der Waals surface area contributed by atoms with Crippen molar-refractivity contribution < 1.29 is 4.79 Å². The monoisotopic (exact) mass is 296 g/mol. The van der Waals surface area contributed by atoms with Gasteiger partial charge in [0.2, 0.25) is 5.91 Å². The third-order valence-corrected chi connectivity index (χ3v) is 4.80. The maximum Gasteiger partial charge on any atom is 0.220 e. The minimum Gasteiger partial charge on any atom is -0.356 e. The topological polar surface area (TPSA) is 55.1 Å². The Morgan fingerprint density at radius 3 is 2.29 bits per heavy atom. The Morgan fingerprint density at radius 1 is 1.05 bits per heavy atom. The minimum atomic E-state index is 0.258. The Hall–Kier alpha value is -0.570. The highest BCUT2D eigenvalue weighted by Crippen LogP contribution is 2.30. The molecule has 124 valence electrons. The smallest absolute Gasteiger partial charge is 0.220 e. The molecule has 1 fully saturated rings. The van der Waals surface area contributed by atoms with Crippen LogP contribution in [0.1, 0.15) is 78.1 Å². The summed E-state index contributed by atoms with van der Waals surface area (Å²) in [6.45, 7) is 6.23. The lowest BCUT2D eigenvalue weighted by Crippen LogP contribution is -2.29. The quantitative estimate of drug-likeness (QED) is 0.601. The van der Waals surface area contributed by atoms with Crippen molar-refractivity contribution in [2.75, 3.05) is 13.1 Å². The maximum atomic E-state index is 11.9. The molecule has 0 heterocycles. The molecule has 1 aliphatic rings. The third-order valence-electron chi connectivity index (χ3n) is 4.80. The van der Waals surface area contributed by atoms with Gasteiger partial charge in [-0.3, -0.25) is 4.79 Å². The van der Waals surface area contributed by atoms with Crippen molar-refractivity contribution in [1.82, 2.24) is 5.32 Å². The van der Waals surface area contributed by atoms with E-state index in [0.717, 1.165) is 31.8 Å². The van der Waals surface area contributed by atoms with Crippen LogP contribution in [0.5, 0.6) is 0 Å². The second-order valence-electron chi connectivity index (χ2n) is 7.27. The van der Waals surface area contributed by atoms with Crippen LogP contribution >= 0.6 is 0 Å². The van der Waals surface area contributed by atoms with Crippen LogP contribution < -0.4 is 11.1 Å². The van der Waals surface area contributed by atoms with E-state index in [0.29, 0.717) is 11.8 Å². The molecule has 1 amide bonds. The summed E-state index contributed by atoms with van der Waals surface area (Å²) >= 11 is 0. The number of amides is 1. The van der Waals surface area contributed by atoms with E-state index < -0.39 is 0 Å². The number of unbranched alkanes of at least 4 members (excludes halogenated alkanes) is 3. The summed E-state index contributed by atoms with van der Waals surface area (Å²) in [6, 6.07) is 0. The van der Waals surface area contributed by atoms with E-state index in [4.69, 9.17) is 5.73 Å². The van der Waals surface area contributed by atoms with Gasteiger partial charge in [-0.1, -0.05) is 39.5 Å². The Kier molecular flexibility index (Phi) is 9.73. The van der Waals surface area contributed by atoms with Gasteiger partial charge in [0.25, 0.3) is 0 Å². The van der Waals surface area contributed by atoms with Crippen LogP contribution in [0, 0.1) is 17.8 Å². The molecule has 3 heteroatoms. The van der Waals surface area contributed by atoms with Crippen LogP contribution in [0.4, 0.5) is 0 Å². The molecule has 1 rings (SSSR count). The first-order valence-corrected chi connectivity index (χ1v) is 9.08. The molecule has 0 aromatic carbocycles. The predicted octanol–water partition coefficient (Wildman–Crippen LogP) is 3.86. The molecule has 3 N–H and O–H groups in total. The summed E-state index contributed by atoms with van der Waals surface area (Å²) in [4.78, 5) is 11.9. The first kappa shape index (κ1) is 18.5. The fraction of sp³-hybridized carbons (Fsp3) is 0.944. The van der Waals surface area contributed by atoms with Crippen LogP contribution in [0.15, 0.2) is 0 Å². The summed E-state index contributed by atoms with van der Waals surface area (Å²) in [6.07, 6.45) is 11.9. The standard InChI is InChI=1S/C18H36N2O/c1-15(2)7-5-3-4-6-12-20-18(21)13-16-8-10-17(14-19)11-9-16/h15-17H,3-14,19H2,1-2H3,(H,20,21). The summed E-state index contributed by atoms with van der Waals surface area (Å²) < 4.78 is 0. The Morgan fingerprint density at radius 2 is 1.67 bits per heavy atom. The molecule has 0 aliphatic heterocycles. The highest BCUT2D eigenvalue weighted by Gasteiger charge is 2.21. The van der Waals surface area contributed by atoms with Gasteiger partial charge >= 0.3 is 0 Å². The van der Waals surface area contributed by atoms with Crippen molar-refractivity contribution in [2.24, 2.45) is 23.5 Å². The molecule has 0 saturated heterocycles. The fourth-order valence-electron chi connectivity index (χ4n) is 3.26. The number of nitrogens with two attached hydrogens (primary N) is 1. The van der Waals surface area contributed by atoms with Gasteiger partial charge in [0, 0.05) is 13.0 Å². The zero-order chi connectivity index (χ0) is 15.5. The first-order chi connectivity index (χ1) is 10.1. The van der Waals surface area contributed by atoms with Crippen molar-refractivity contribution >= 4 is 5.91 Å². The second kappa shape index (κ2) is 11.1. The lowest BCUT2D eigenvalue weighted by Gasteiger charge is -2.27. The van der Waals surface area contributed by atoms with Gasteiger partial charge in [-0.05, 0) is 56.4 Å². The van der Waals surface area contributed by atoms with Crippen molar-refractivity contribution in [3.05, 3.63) is 0 Å². The van der Waals surface area contributed by atoms with Crippen LogP contribution in [0.25, 0.3) is 0 Å². The number of hydrogen-bond acceptors (Lipinski definition) is 2. The van der Waals surface area contributed by atoms with E-state index in [-0.39, 0.29) is 5.91 Å². The van der Waals surface area contributed by atoms with Crippen molar-refractivity contribution in [3.63, 3.8) is 0 Å². The molecule has 0 spiro atoms. The summed E-state index contributed by atoms with van der Waals surface area (Å²) in [5, 5.41) is 3.09. The number of carbonyl (C=O) groups is 1. The number of carbonyl (C=O) groups excluding carboxylic acids is 1. The molecule has 3 nitrogen and oxygen atoms in total.